The second-order valence-corrected chi connectivity index (χ2v) is 5.34. The van der Waals surface area contributed by atoms with Crippen LogP contribution in [-0.2, 0) is 0 Å². The summed E-state index contributed by atoms with van der Waals surface area (Å²) in [5.41, 5.74) is 2.88. The Morgan fingerprint density at radius 3 is 2.12 bits per heavy atom. The molecule has 0 atom stereocenters. The summed E-state index contributed by atoms with van der Waals surface area (Å²) in [5, 5.41) is 12.6. The molecule has 0 fully saturated rings. The molecule has 25 heavy (non-hydrogen) atoms. The Morgan fingerprint density at radius 2 is 1.60 bits per heavy atom. The molecule has 5 heteroatoms. The average Bonchev–Trinajstić information content (AvgIpc) is 3.06. The van der Waals surface area contributed by atoms with Gasteiger partial charge in [0.2, 0.25) is 5.88 Å². The minimum absolute atomic E-state index is 0.429. The average molecular weight is 334 g/mol. The molecule has 0 aliphatic carbocycles. The van der Waals surface area contributed by atoms with E-state index >= 15 is 0 Å². The summed E-state index contributed by atoms with van der Waals surface area (Å²) in [7, 11) is 4.92. The first-order valence-corrected chi connectivity index (χ1v) is 7.75. The van der Waals surface area contributed by atoms with E-state index in [9.17, 15) is 5.26 Å². The number of furan rings is 1. The van der Waals surface area contributed by atoms with Gasteiger partial charge in [-0.05, 0) is 17.7 Å². The molecular weight excluding hydrogens is 316 g/mol. The van der Waals surface area contributed by atoms with Gasteiger partial charge < -0.3 is 19.2 Å². The van der Waals surface area contributed by atoms with Crippen LogP contribution < -0.4 is 14.8 Å². The SMILES string of the molecule is CNc1oc(-c2cc(OC)cc(OC)c2)c(-c2ccccc2)c1C#N. The standard InChI is InChI=1S/C20H18N2O3/c1-22-20-17(12-21)18(13-7-5-4-6-8-13)19(25-20)14-9-15(23-2)11-16(10-14)24-3/h4-11,22H,1-3H3. The maximum atomic E-state index is 9.65. The van der Waals surface area contributed by atoms with E-state index in [2.05, 4.69) is 11.4 Å². The number of nitrogens with zero attached hydrogens (tertiary/aromatic N) is 1. The molecule has 0 amide bonds. The van der Waals surface area contributed by atoms with Crippen molar-refractivity contribution in [1.82, 2.24) is 0 Å². The number of methoxy groups -OCH3 is 2. The van der Waals surface area contributed by atoms with Crippen molar-refractivity contribution < 1.29 is 13.9 Å². The minimum atomic E-state index is 0.429. The molecule has 1 aromatic heterocycles. The third-order valence-electron chi connectivity index (χ3n) is 3.92. The van der Waals surface area contributed by atoms with E-state index in [1.807, 2.05) is 42.5 Å². The first-order chi connectivity index (χ1) is 12.2. The van der Waals surface area contributed by atoms with E-state index in [1.165, 1.54) is 0 Å². The molecule has 0 saturated heterocycles. The van der Waals surface area contributed by atoms with Gasteiger partial charge in [0.25, 0.3) is 0 Å². The number of nitrogens with one attached hydrogen (secondary N) is 1. The lowest BCUT2D eigenvalue weighted by Crippen LogP contribution is -1.90. The van der Waals surface area contributed by atoms with Crippen LogP contribution in [0.4, 0.5) is 5.88 Å². The number of hydrogen-bond acceptors (Lipinski definition) is 5. The zero-order valence-corrected chi connectivity index (χ0v) is 14.3. The summed E-state index contributed by atoms with van der Waals surface area (Å²) >= 11 is 0. The van der Waals surface area contributed by atoms with E-state index in [4.69, 9.17) is 13.9 Å². The van der Waals surface area contributed by atoms with Gasteiger partial charge in [-0.15, -0.1) is 0 Å². The highest BCUT2D eigenvalue weighted by molar-refractivity contribution is 5.88. The van der Waals surface area contributed by atoms with Gasteiger partial charge in [0.1, 0.15) is 28.9 Å². The van der Waals surface area contributed by atoms with Gasteiger partial charge in [-0.1, -0.05) is 30.3 Å². The molecule has 1 N–H and O–H groups in total. The summed E-state index contributed by atoms with van der Waals surface area (Å²) in [6, 6.07) is 17.4. The zero-order valence-electron chi connectivity index (χ0n) is 14.3. The van der Waals surface area contributed by atoms with Crippen molar-refractivity contribution in [3.63, 3.8) is 0 Å². The highest BCUT2D eigenvalue weighted by Crippen LogP contribution is 2.43. The van der Waals surface area contributed by atoms with Gasteiger partial charge in [-0.2, -0.15) is 5.26 Å². The molecule has 0 unspecified atom stereocenters. The molecule has 0 spiro atoms. The smallest absolute Gasteiger partial charge is 0.212 e. The van der Waals surface area contributed by atoms with E-state index in [0.717, 1.165) is 16.7 Å². The third kappa shape index (κ3) is 3.02. The zero-order chi connectivity index (χ0) is 17.8. The lowest BCUT2D eigenvalue weighted by Gasteiger charge is -2.09. The van der Waals surface area contributed by atoms with Crippen LogP contribution in [0.1, 0.15) is 5.56 Å². The Kier molecular flexibility index (Phi) is 4.62. The van der Waals surface area contributed by atoms with Crippen LogP contribution in [0.5, 0.6) is 11.5 Å². The van der Waals surface area contributed by atoms with Gasteiger partial charge in [0, 0.05) is 24.2 Å². The fourth-order valence-corrected chi connectivity index (χ4v) is 2.74. The fourth-order valence-electron chi connectivity index (χ4n) is 2.74. The highest BCUT2D eigenvalue weighted by atomic mass is 16.5. The van der Waals surface area contributed by atoms with E-state index in [0.29, 0.717) is 28.7 Å². The maximum absolute atomic E-state index is 9.65. The van der Waals surface area contributed by atoms with Crippen molar-refractivity contribution in [2.75, 3.05) is 26.6 Å². The molecule has 3 aromatic rings. The number of rotatable bonds is 5. The molecule has 0 aliphatic heterocycles. The van der Waals surface area contributed by atoms with Crippen LogP contribution in [0, 0.1) is 11.3 Å². The molecule has 0 radical (unpaired) electrons. The van der Waals surface area contributed by atoms with Crippen LogP contribution in [0.2, 0.25) is 0 Å². The van der Waals surface area contributed by atoms with Crippen LogP contribution in [0.25, 0.3) is 22.5 Å². The Balaban J connectivity index is 2.30. The Labute approximate surface area is 146 Å². The predicted octanol–water partition coefficient (Wildman–Crippen LogP) is 4.54. The Hall–Kier alpha value is -3.39. The lowest BCUT2D eigenvalue weighted by molar-refractivity contribution is 0.394. The van der Waals surface area contributed by atoms with Crippen molar-refractivity contribution in [3.8, 4) is 40.0 Å². The monoisotopic (exact) mass is 334 g/mol. The Bertz CT molecular complexity index is 902. The maximum Gasteiger partial charge on any atom is 0.212 e. The van der Waals surface area contributed by atoms with Crippen molar-refractivity contribution in [2.24, 2.45) is 0 Å². The quantitative estimate of drug-likeness (QED) is 0.742. The molecule has 0 bridgehead atoms. The summed E-state index contributed by atoms with van der Waals surface area (Å²) in [5.74, 6) is 2.31. The number of nitriles is 1. The van der Waals surface area contributed by atoms with Crippen molar-refractivity contribution in [3.05, 3.63) is 54.1 Å². The van der Waals surface area contributed by atoms with Crippen molar-refractivity contribution in [1.29, 1.82) is 5.26 Å². The minimum Gasteiger partial charge on any atom is -0.497 e. The van der Waals surface area contributed by atoms with Crippen molar-refractivity contribution in [2.45, 2.75) is 0 Å². The summed E-state index contributed by atoms with van der Waals surface area (Å²) in [4.78, 5) is 0. The summed E-state index contributed by atoms with van der Waals surface area (Å²) in [6.45, 7) is 0. The van der Waals surface area contributed by atoms with E-state index < -0.39 is 0 Å². The highest BCUT2D eigenvalue weighted by Gasteiger charge is 2.23. The van der Waals surface area contributed by atoms with E-state index in [-0.39, 0.29) is 0 Å². The number of ether oxygens (including phenoxy) is 2. The summed E-state index contributed by atoms with van der Waals surface area (Å²) in [6.07, 6.45) is 0. The summed E-state index contributed by atoms with van der Waals surface area (Å²) < 4.78 is 16.7. The van der Waals surface area contributed by atoms with Gasteiger partial charge in [0.15, 0.2) is 0 Å². The Morgan fingerprint density at radius 1 is 0.960 bits per heavy atom. The molecule has 1 heterocycles. The van der Waals surface area contributed by atoms with Gasteiger partial charge in [-0.3, -0.25) is 0 Å². The van der Waals surface area contributed by atoms with Crippen LogP contribution in [0.3, 0.4) is 0 Å². The lowest BCUT2D eigenvalue weighted by atomic mass is 9.98. The predicted molar refractivity (Wildman–Crippen MR) is 96.9 cm³/mol. The molecule has 0 saturated carbocycles. The number of anilines is 1. The van der Waals surface area contributed by atoms with Gasteiger partial charge >= 0.3 is 0 Å². The molecule has 5 nitrogen and oxygen atoms in total. The third-order valence-corrected chi connectivity index (χ3v) is 3.92. The largest absolute Gasteiger partial charge is 0.497 e. The first kappa shape index (κ1) is 16.5. The molecule has 0 aliphatic rings. The first-order valence-electron chi connectivity index (χ1n) is 7.75. The fraction of sp³-hybridized carbons (Fsp3) is 0.150. The molecule has 126 valence electrons. The van der Waals surface area contributed by atoms with E-state index in [1.54, 1.807) is 27.3 Å². The number of benzene rings is 2. The van der Waals surface area contributed by atoms with Crippen molar-refractivity contribution >= 4 is 5.88 Å². The van der Waals surface area contributed by atoms with Crippen LogP contribution >= 0.6 is 0 Å². The normalized spacial score (nSPS) is 10.2. The topological polar surface area (TPSA) is 67.4 Å². The number of hydrogen-bond donors (Lipinski definition) is 1. The molecule has 3 rings (SSSR count). The van der Waals surface area contributed by atoms with Gasteiger partial charge in [0.05, 0.1) is 14.2 Å². The van der Waals surface area contributed by atoms with Crippen LogP contribution in [-0.4, -0.2) is 21.3 Å². The second kappa shape index (κ2) is 7.02. The van der Waals surface area contributed by atoms with Crippen LogP contribution in [0.15, 0.2) is 52.9 Å². The second-order valence-electron chi connectivity index (χ2n) is 5.34. The van der Waals surface area contributed by atoms with Gasteiger partial charge in [-0.25, -0.2) is 0 Å². The molecule has 2 aromatic carbocycles. The molecular formula is C20H18N2O3.